The van der Waals surface area contributed by atoms with Gasteiger partial charge < -0.3 is 10.2 Å². The van der Waals surface area contributed by atoms with Crippen LogP contribution in [-0.2, 0) is 6.42 Å². The topological polar surface area (TPSA) is 64.8 Å². The molecule has 1 N–H and O–H groups in total. The van der Waals surface area contributed by atoms with Gasteiger partial charge in [-0.2, -0.15) is 10.2 Å². The fourth-order valence-electron chi connectivity index (χ4n) is 2.93. The maximum Gasteiger partial charge on any atom is 0.229 e. The van der Waals surface area contributed by atoms with Crippen LogP contribution in [0.15, 0.2) is 60.8 Å². The number of hydrogen-bond donors (Lipinski definition) is 1. The third-order valence-electron chi connectivity index (χ3n) is 4.05. The molecule has 1 aromatic heterocycles. The molecule has 3 aromatic rings. The molecular formula is C19H15N5. The van der Waals surface area contributed by atoms with Gasteiger partial charge in [-0.05, 0) is 42.3 Å². The lowest BCUT2D eigenvalue weighted by molar-refractivity contribution is 0.966. The van der Waals surface area contributed by atoms with Gasteiger partial charge in [0.2, 0.25) is 5.95 Å². The standard InChI is InChI=1S/C19H15N5/c20-13-14-4-3-6-16(12-14)22-19-21-10-8-18(23-19)24-11-9-15-5-1-2-7-17(15)24/h1-8,10,12H,9,11H2,(H,21,22,23). The minimum absolute atomic E-state index is 0.520. The molecule has 5 nitrogen and oxygen atoms in total. The average molecular weight is 313 g/mol. The number of aromatic nitrogens is 2. The third kappa shape index (κ3) is 2.66. The van der Waals surface area contributed by atoms with Crippen LogP contribution < -0.4 is 10.2 Å². The molecule has 0 spiro atoms. The number of nitrogens with zero attached hydrogens (tertiary/aromatic N) is 4. The number of rotatable bonds is 3. The Morgan fingerprint density at radius 1 is 1.08 bits per heavy atom. The van der Waals surface area contributed by atoms with Crippen molar-refractivity contribution >= 4 is 23.1 Å². The molecule has 0 saturated carbocycles. The first-order chi connectivity index (χ1) is 11.8. The largest absolute Gasteiger partial charge is 0.326 e. The molecular weight excluding hydrogens is 298 g/mol. The summed E-state index contributed by atoms with van der Waals surface area (Å²) in [6.07, 6.45) is 2.77. The molecule has 0 unspecified atom stereocenters. The molecule has 0 aliphatic carbocycles. The van der Waals surface area contributed by atoms with E-state index in [9.17, 15) is 0 Å². The highest BCUT2D eigenvalue weighted by Gasteiger charge is 2.20. The van der Waals surface area contributed by atoms with Gasteiger partial charge in [0.25, 0.3) is 0 Å². The predicted molar refractivity (Wildman–Crippen MR) is 93.6 cm³/mol. The summed E-state index contributed by atoms with van der Waals surface area (Å²) in [5.41, 5.74) is 3.94. The summed E-state index contributed by atoms with van der Waals surface area (Å²) in [7, 11) is 0. The summed E-state index contributed by atoms with van der Waals surface area (Å²) in [6, 6.07) is 19.7. The van der Waals surface area contributed by atoms with Crippen molar-refractivity contribution in [2.75, 3.05) is 16.8 Å². The zero-order chi connectivity index (χ0) is 16.4. The minimum Gasteiger partial charge on any atom is -0.326 e. The first-order valence-electron chi connectivity index (χ1n) is 7.79. The van der Waals surface area contributed by atoms with Crippen molar-refractivity contribution in [2.45, 2.75) is 6.42 Å². The van der Waals surface area contributed by atoms with Crippen LogP contribution in [0.3, 0.4) is 0 Å². The van der Waals surface area contributed by atoms with Crippen LogP contribution in [0.2, 0.25) is 0 Å². The van der Waals surface area contributed by atoms with Crippen LogP contribution in [0.5, 0.6) is 0 Å². The van der Waals surface area contributed by atoms with Gasteiger partial charge in [0.05, 0.1) is 11.6 Å². The Morgan fingerprint density at radius 3 is 2.92 bits per heavy atom. The lowest BCUT2D eigenvalue weighted by Gasteiger charge is -2.18. The van der Waals surface area contributed by atoms with Gasteiger partial charge in [0.15, 0.2) is 0 Å². The Balaban J connectivity index is 1.62. The monoisotopic (exact) mass is 313 g/mol. The van der Waals surface area contributed by atoms with E-state index in [1.54, 1.807) is 18.3 Å². The van der Waals surface area contributed by atoms with Crippen molar-refractivity contribution in [2.24, 2.45) is 0 Å². The zero-order valence-electron chi connectivity index (χ0n) is 13.0. The molecule has 4 rings (SSSR count). The summed E-state index contributed by atoms with van der Waals surface area (Å²) < 4.78 is 0. The summed E-state index contributed by atoms with van der Waals surface area (Å²) in [5, 5.41) is 12.2. The van der Waals surface area contributed by atoms with E-state index in [0.717, 1.165) is 24.5 Å². The van der Waals surface area contributed by atoms with Gasteiger partial charge in [0.1, 0.15) is 5.82 Å². The first kappa shape index (κ1) is 14.2. The number of benzene rings is 2. The lowest BCUT2D eigenvalue weighted by Crippen LogP contribution is -2.15. The van der Waals surface area contributed by atoms with E-state index in [-0.39, 0.29) is 0 Å². The maximum absolute atomic E-state index is 8.99. The molecule has 2 aromatic carbocycles. The molecule has 0 fully saturated rings. The molecule has 1 aliphatic heterocycles. The highest BCUT2D eigenvalue weighted by atomic mass is 15.2. The van der Waals surface area contributed by atoms with Crippen molar-refractivity contribution < 1.29 is 0 Å². The molecule has 5 heteroatoms. The minimum atomic E-state index is 0.520. The van der Waals surface area contributed by atoms with E-state index in [1.807, 2.05) is 24.3 Å². The Labute approximate surface area is 140 Å². The van der Waals surface area contributed by atoms with E-state index < -0.39 is 0 Å². The first-order valence-corrected chi connectivity index (χ1v) is 7.79. The number of fused-ring (bicyclic) bond motifs is 1. The highest BCUT2D eigenvalue weighted by Crippen LogP contribution is 2.33. The van der Waals surface area contributed by atoms with E-state index >= 15 is 0 Å². The third-order valence-corrected chi connectivity index (χ3v) is 4.05. The summed E-state index contributed by atoms with van der Waals surface area (Å²) in [6.45, 7) is 0.916. The predicted octanol–water partition coefficient (Wildman–Crippen LogP) is 3.79. The summed E-state index contributed by atoms with van der Waals surface area (Å²) in [5.74, 6) is 1.39. The van der Waals surface area contributed by atoms with Crippen LogP contribution in [0, 0.1) is 11.3 Å². The second-order valence-electron chi connectivity index (χ2n) is 5.59. The van der Waals surface area contributed by atoms with Gasteiger partial charge >= 0.3 is 0 Å². The molecule has 0 saturated heterocycles. The molecule has 0 atom stereocenters. The van der Waals surface area contributed by atoms with Gasteiger partial charge in [-0.3, -0.25) is 0 Å². The molecule has 2 heterocycles. The van der Waals surface area contributed by atoms with E-state index in [0.29, 0.717) is 11.5 Å². The second kappa shape index (κ2) is 6.01. The van der Waals surface area contributed by atoms with Gasteiger partial charge in [-0.25, -0.2) is 4.98 Å². The number of hydrogen-bond acceptors (Lipinski definition) is 5. The molecule has 1 aliphatic rings. The van der Waals surface area contributed by atoms with Crippen molar-refractivity contribution in [3.05, 3.63) is 71.9 Å². The maximum atomic E-state index is 8.99. The fourth-order valence-corrected chi connectivity index (χ4v) is 2.93. The Morgan fingerprint density at radius 2 is 2.00 bits per heavy atom. The number of nitriles is 1. The SMILES string of the molecule is N#Cc1cccc(Nc2nccc(N3CCc4ccccc43)n2)c1. The van der Waals surface area contributed by atoms with Crippen LogP contribution in [-0.4, -0.2) is 16.5 Å². The molecule has 0 amide bonds. The van der Waals surface area contributed by atoms with E-state index in [2.05, 4.69) is 44.5 Å². The average Bonchev–Trinajstić information content (AvgIpc) is 3.06. The van der Waals surface area contributed by atoms with Crippen LogP contribution >= 0.6 is 0 Å². The lowest BCUT2D eigenvalue weighted by atomic mass is 10.2. The van der Waals surface area contributed by atoms with Gasteiger partial charge in [-0.1, -0.05) is 24.3 Å². The van der Waals surface area contributed by atoms with Gasteiger partial charge in [0, 0.05) is 24.1 Å². The van der Waals surface area contributed by atoms with Crippen LogP contribution in [0.25, 0.3) is 0 Å². The van der Waals surface area contributed by atoms with Crippen LogP contribution in [0.1, 0.15) is 11.1 Å². The van der Waals surface area contributed by atoms with Crippen molar-refractivity contribution in [3.63, 3.8) is 0 Å². The van der Waals surface area contributed by atoms with Gasteiger partial charge in [-0.15, -0.1) is 0 Å². The number of para-hydroxylation sites is 1. The van der Waals surface area contributed by atoms with Crippen molar-refractivity contribution in [1.29, 1.82) is 5.26 Å². The Bertz CT molecular complexity index is 929. The smallest absolute Gasteiger partial charge is 0.229 e. The Hall–Kier alpha value is -3.39. The molecule has 0 bridgehead atoms. The molecule has 116 valence electrons. The molecule has 0 radical (unpaired) electrons. The normalized spacial score (nSPS) is 12.5. The van der Waals surface area contributed by atoms with E-state index in [4.69, 9.17) is 5.26 Å². The highest BCUT2D eigenvalue weighted by molar-refractivity contribution is 5.68. The quantitative estimate of drug-likeness (QED) is 0.797. The number of anilines is 4. The Kier molecular flexibility index (Phi) is 3.56. The van der Waals surface area contributed by atoms with Crippen LogP contribution in [0.4, 0.5) is 23.1 Å². The second-order valence-corrected chi connectivity index (χ2v) is 5.59. The fraction of sp³-hybridized carbons (Fsp3) is 0.105. The summed E-state index contributed by atoms with van der Waals surface area (Å²) >= 11 is 0. The number of nitrogens with one attached hydrogen (secondary N) is 1. The zero-order valence-corrected chi connectivity index (χ0v) is 13.0. The van der Waals surface area contributed by atoms with Crippen molar-refractivity contribution in [3.8, 4) is 6.07 Å². The van der Waals surface area contributed by atoms with Crippen molar-refractivity contribution in [1.82, 2.24) is 9.97 Å². The summed E-state index contributed by atoms with van der Waals surface area (Å²) in [4.78, 5) is 11.1. The van der Waals surface area contributed by atoms with E-state index in [1.165, 1.54) is 11.3 Å². The molecule has 24 heavy (non-hydrogen) atoms.